The SMILES string of the molecule is CN(Cc1ccc(O)c(N)c1)C1CCCCC1. The maximum absolute atomic E-state index is 9.39. The zero-order chi connectivity index (χ0) is 12.3. The molecule has 1 aromatic carbocycles. The quantitative estimate of drug-likeness (QED) is 0.624. The van der Waals surface area contributed by atoms with Crippen molar-refractivity contribution in [1.29, 1.82) is 0 Å². The number of anilines is 1. The first-order valence-corrected chi connectivity index (χ1v) is 6.44. The van der Waals surface area contributed by atoms with E-state index in [1.54, 1.807) is 6.07 Å². The molecule has 3 nitrogen and oxygen atoms in total. The third kappa shape index (κ3) is 3.13. The van der Waals surface area contributed by atoms with Gasteiger partial charge in [0.2, 0.25) is 0 Å². The molecule has 0 radical (unpaired) electrons. The third-order valence-electron chi connectivity index (χ3n) is 3.72. The predicted octanol–water partition coefficient (Wildman–Crippen LogP) is 2.74. The number of aromatic hydroxyl groups is 1. The van der Waals surface area contributed by atoms with Crippen LogP contribution in [0, 0.1) is 0 Å². The monoisotopic (exact) mass is 234 g/mol. The fourth-order valence-corrected chi connectivity index (χ4v) is 2.64. The van der Waals surface area contributed by atoms with Crippen LogP contribution in [0.5, 0.6) is 5.75 Å². The number of nitrogens with zero attached hydrogens (tertiary/aromatic N) is 1. The molecule has 1 aliphatic rings. The van der Waals surface area contributed by atoms with E-state index in [9.17, 15) is 5.11 Å². The zero-order valence-corrected chi connectivity index (χ0v) is 10.5. The first-order chi connectivity index (χ1) is 8.16. The molecule has 1 aromatic rings. The van der Waals surface area contributed by atoms with Gasteiger partial charge in [-0.2, -0.15) is 0 Å². The van der Waals surface area contributed by atoms with Gasteiger partial charge in [-0.05, 0) is 37.6 Å². The van der Waals surface area contributed by atoms with Gasteiger partial charge >= 0.3 is 0 Å². The number of phenols is 1. The Labute approximate surface area is 103 Å². The summed E-state index contributed by atoms with van der Waals surface area (Å²) < 4.78 is 0. The molecule has 0 aliphatic heterocycles. The average Bonchev–Trinajstić information content (AvgIpc) is 2.35. The molecule has 0 bridgehead atoms. The fourth-order valence-electron chi connectivity index (χ4n) is 2.64. The molecule has 1 saturated carbocycles. The first kappa shape index (κ1) is 12.2. The second-order valence-corrected chi connectivity index (χ2v) is 5.10. The fraction of sp³-hybridized carbons (Fsp3) is 0.571. The van der Waals surface area contributed by atoms with Crippen LogP contribution < -0.4 is 5.73 Å². The van der Waals surface area contributed by atoms with E-state index in [1.807, 2.05) is 12.1 Å². The third-order valence-corrected chi connectivity index (χ3v) is 3.72. The molecule has 0 spiro atoms. The van der Waals surface area contributed by atoms with Gasteiger partial charge < -0.3 is 10.8 Å². The van der Waals surface area contributed by atoms with Gasteiger partial charge in [0, 0.05) is 12.6 Å². The highest BCUT2D eigenvalue weighted by atomic mass is 16.3. The summed E-state index contributed by atoms with van der Waals surface area (Å²) in [4.78, 5) is 2.41. The minimum Gasteiger partial charge on any atom is -0.506 e. The van der Waals surface area contributed by atoms with E-state index in [0.717, 1.165) is 6.54 Å². The van der Waals surface area contributed by atoms with Gasteiger partial charge in [0.25, 0.3) is 0 Å². The van der Waals surface area contributed by atoms with Gasteiger partial charge in [0.05, 0.1) is 5.69 Å². The number of phenolic OH excluding ortho intramolecular Hbond substituents is 1. The number of hydrogen-bond donors (Lipinski definition) is 2. The van der Waals surface area contributed by atoms with Gasteiger partial charge in [0.1, 0.15) is 5.75 Å². The Bertz CT molecular complexity index is 372. The Hall–Kier alpha value is -1.22. The number of benzene rings is 1. The minimum absolute atomic E-state index is 0.175. The highest BCUT2D eigenvalue weighted by Crippen LogP contribution is 2.25. The van der Waals surface area contributed by atoms with Crippen molar-refractivity contribution in [3.8, 4) is 5.75 Å². The molecule has 0 saturated heterocycles. The van der Waals surface area contributed by atoms with Crippen LogP contribution >= 0.6 is 0 Å². The van der Waals surface area contributed by atoms with Gasteiger partial charge in [-0.3, -0.25) is 4.90 Å². The molecule has 94 valence electrons. The molecular weight excluding hydrogens is 212 g/mol. The van der Waals surface area contributed by atoms with Crippen molar-refractivity contribution in [3.05, 3.63) is 23.8 Å². The van der Waals surface area contributed by atoms with E-state index < -0.39 is 0 Å². The Kier molecular flexibility index (Phi) is 3.89. The van der Waals surface area contributed by atoms with Crippen molar-refractivity contribution in [2.24, 2.45) is 0 Å². The lowest BCUT2D eigenvalue weighted by molar-refractivity contribution is 0.184. The zero-order valence-electron chi connectivity index (χ0n) is 10.5. The molecule has 0 unspecified atom stereocenters. The standard InChI is InChI=1S/C14H22N2O/c1-16(12-5-3-2-4-6-12)10-11-7-8-14(17)13(15)9-11/h7-9,12,17H,2-6,10,15H2,1H3. The molecule has 2 rings (SSSR count). The molecule has 3 N–H and O–H groups in total. The largest absolute Gasteiger partial charge is 0.506 e. The highest BCUT2D eigenvalue weighted by Gasteiger charge is 2.17. The summed E-state index contributed by atoms with van der Waals surface area (Å²) in [5.74, 6) is 0.175. The Balaban J connectivity index is 1.96. The molecule has 0 heterocycles. The Morgan fingerprint density at radius 3 is 2.65 bits per heavy atom. The number of hydrogen-bond acceptors (Lipinski definition) is 3. The normalized spacial score (nSPS) is 17.5. The Morgan fingerprint density at radius 1 is 1.29 bits per heavy atom. The molecule has 1 aliphatic carbocycles. The smallest absolute Gasteiger partial charge is 0.138 e. The van der Waals surface area contributed by atoms with Crippen LogP contribution in [0.3, 0.4) is 0 Å². The molecule has 17 heavy (non-hydrogen) atoms. The van der Waals surface area contributed by atoms with Gasteiger partial charge in [-0.15, -0.1) is 0 Å². The van der Waals surface area contributed by atoms with Crippen LogP contribution in [0.1, 0.15) is 37.7 Å². The molecular formula is C14H22N2O. The number of nitrogens with two attached hydrogens (primary N) is 1. The van der Waals surface area contributed by atoms with Crippen LogP contribution in [0.2, 0.25) is 0 Å². The molecule has 3 heteroatoms. The van der Waals surface area contributed by atoms with Crippen molar-refractivity contribution in [3.63, 3.8) is 0 Å². The lowest BCUT2D eigenvalue weighted by Crippen LogP contribution is -2.32. The lowest BCUT2D eigenvalue weighted by Gasteiger charge is -2.31. The summed E-state index contributed by atoms with van der Waals surface area (Å²) in [5.41, 5.74) is 7.35. The molecule has 0 atom stereocenters. The van der Waals surface area contributed by atoms with Crippen LogP contribution in [-0.4, -0.2) is 23.1 Å². The summed E-state index contributed by atoms with van der Waals surface area (Å²) in [6, 6.07) is 6.21. The van der Waals surface area contributed by atoms with E-state index in [2.05, 4.69) is 11.9 Å². The lowest BCUT2D eigenvalue weighted by atomic mass is 9.94. The van der Waals surface area contributed by atoms with Crippen molar-refractivity contribution >= 4 is 5.69 Å². The van der Waals surface area contributed by atoms with Crippen LogP contribution in [0.15, 0.2) is 18.2 Å². The van der Waals surface area contributed by atoms with Crippen LogP contribution in [0.4, 0.5) is 5.69 Å². The summed E-state index contributed by atoms with van der Waals surface area (Å²) in [6.45, 7) is 0.912. The molecule has 0 aromatic heterocycles. The van der Waals surface area contributed by atoms with E-state index in [4.69, 9.17) is 5.73 Å². The highest BCUT2D eigenvalue weighted by molar-refractivity contribution is 5.53. The summed E-state index contributed by atoms with van der Waals surface area (Å²) in [5, 5.41) is 9.39. The van der Waals surface area contributed by atoms with Crippen LogP contribution in [0.25, 0.3) is 0 Å². The van der Waals surface area contributed by atoms with E-state index >= 15 is 0 Å². The van der Waals surface area contributed by atoms with Crippen LogP contribution in [-0.2, 0) is 6.54 Å². The van der Waals surface area contributed by atoms with Gasteiger partial charge in [-0.25, -0.2) is 0 Å². The maximum atomic E-state index is 9.39. The van der Waals surface area contributed by atoms with Crippen molar-refractivity contribution in [1.82, 2.24) is 4.90 Å². The summed E-state index contributed by atoms with van der Waals surface area (Å²) in [6.07, 6.45) is 6.71. The molecule has 0 amide bonds. The van der Waals surface area contributed by atoms with E-state index in [-0.39, 0.29) is 5.75 Å². The van der Waals surface area contributed by atoms with E-state index in [1.165, 1.54) is 37.7 Å². The average molecular weight is 234 g/mol. The molecule has 1 fully saturated rings. The predicted molar refractivity (Wildman–Crippen MR) is 70.9 cm³/mol. The summed E-state index contributed by atoms with van der Waals surface area (Å²) in [7, 11) is 2.18. The van der Waals surface area contributed by atoms with Crippen molar-refractivity contribution < 1.29 is 5.11 Å². The first-order valence-electron chi connectivity index (χ1n) is 6.44. The van der Waals surface area contributed by atoms with E-state index in [0.29, 0.717) is 11.7 Å². The number of rotatable bonds is 3. The van der Waals surface area contributed by atoms with Crippen molar-refractivity contribution in [2.75, 3.05) is 12.8 Å². The number of nitrogen functional groups attached to an aromatic ring is 1. The van der Waals surface area contributed by atoms with Gasteiger partial charge in [-0.1, -0.05) is 25.3 Å². The topological polar surface area (TPSA) is 49.5 Å². The van der Waals surface area contributed by atoms with Gasteiger partial charge in [0.15, 0.2) is 0 Å². The Morgan fingerprint density at radius 2 is 2.00 bits per heavy atom. The second kappa shape index (κ2) is 5.41. The maximum Gasteiger partial charge on any atom is 0.138 e. The minimum atomic E-state index is 0.175. The summed E-state index contributed by atoms with van der Waals surface area (Å²) >= 11 is 0. The van der Waals surface area contributed by atoms with Crippen molar-refractivity contribution in [2.45, 2.75) is 44.7 Å². The second-order valence-electron chi connectivity index (χ2n) is 5.10.